The Kier molecular flexibility index (Phi) is 10.3. The number of carbonyl (C=O) groups excluding carboxylic acids is 1. The summed E-state index contributed by atoms with van der Waals surface area (Å²) in [7, 11) is 0. The number of hydrogen-bond acceptors (Lipinski definition) is 7. The van der Waals surface area contributed by atoms with Crippen LogP contribution in [0.25, 0.3) is 0 Å². The van der Waals surface area contributed by atoms with Crippen LogP contribution >= 0.6 is 0 Å². The van der Waals surface area contributed by atoms with Gasteiger partial charge < -0.3 is 10.1 Å². The fraction of sp³-hybridized carbons (Fsp3) is 0.500. The van der Waals surface area contributed by atoms with Crippen molar-refractivity contribution in [3.63, 3.8) is 0 Å². The Morgan fingerprint density at radius 2 is 1.91 bits per heavy atom. The van der Waals surface area contributed by atoms with E-state index in [0.717, 1.165) is 31.4 Å². The molecule has 2 amide bonds. The van der Waals surface area contributed by atoms with Gasteiger partial charge in [0.25, 0.3) is 0 Å². The van der Waals surface area contributed by atoms with Gasteiger partial charge in [0.15, 0.2) is 17.2 Å². The predicted octanol–water partition coefficient (Wildman–Crippen LogP) is 4.91. The second kappa shape index (κ2) is 13.1. The first-order valence-corrected chi connectivity index (χ1v) is 12.0. The zero-order valence-corrected chi connectivity index (χ0v) is 21.2. The summed E-state index contributed by atoms with van der Waals surface area (Å²) in [5, 5.41) is 20.6. The summed E-state index contributed by atoms with van der Waals surface area (Å²) in [6, 6.07) is 9.68. The maximum absolute atomic E-state index is 12.0. The highest BCUT2D eigenvalue weighted by atomic mass is 16.5. The highest BCUT2D eigenvalue weighted by Crippen LogP contribution is 2.36. The van der Waals surface area contributed by atoms with E-state index in [1.165, 1.54) is 17.3 Å². The molecule has 0 spiro atoms. The Labute approximate surface area is 207 Å². The molecule has 0 bridgehead atoms. The van der Waals surface area contributed by atoms with Crippen LogP contribution in [-0.4, -0.2) is 29.2 Å². The molecule has 1 atom stereocenters. The molecule has 0 aliphatic carbocycles. The molecule has 1 aromatic carbocycles. The largest absolute Gasteiger partial charge is 0.493 e. The van der Waals surface area contributed by atoms with E-state index in [4.69, 9.17) is 15.3 Å². The molecule has 186 valence electrons. The first-order chi connectivity index (χ1) is 16.7. The lowest BCUT2D eigenvalue weighted by molar-refractivity contribution is 0.241. The molecule has 9 nitrogen and oxygen atoms in total. The first-order valence-electron chi connectivity index (χ1n) is 12.0. The maximum atomic E-state index is 12.0. The smallest absolute Gasteiger partial charge is 0.333 e. The first kappa shape index (κ1) is 27.4. The molecule has 2 aromatic rings. The number of unbranched alkanes of at least 4 members (excludes halogenated alkanes) is 1. The molecule has 0 saturated carbocycles. The molecular formula is C26H35N7O2. The van der Waals surface area contributed by atoms with Crippen LogP contribution in [-0.2, 0) is 5.41 Å². The number of nitrogens with one attached hydrogen (secondary N) is 3. The zero-order valence-electron chi connectivity index (χ0n) is 21.2. The van der Waals surface area contributed by atoms with Gasteiger partial charge >= 0.3 is 6.03 Å². The van der Waals surface area contributed by atoms with E-state index >= 15 is 0 Å². The van der Waals surface area contributed by atoms with Gasteiger partial charge in [-0.05, 0) is 48.6 Å². The number of aromatic nitrogens is 2. The van der Waals surface area contributed by atoms with Gasteiger partial charge in [0.1, 0.15) is 17.9 Å². The van der Waals surface area contributed by atoms with Crippen molar-refractivity contribution in [2.45, 2.75) is 71.6 Å². The minimum Gasteiger partial charge on any atom is -0.493 e. The SMILES string of the molecule is CCC(C)c1ccc(OCCCCNC(=O)NNc2cnc(C#N)c(C#N)n2)c(C(C)(C)CC)c1. The molecular weight excluding hydrogens is 442 g/mol. The predicted molar refractivity (Wildman–Crippen MR) is 135 cm³/mol. The number of nitrogens with zero attached hydrogens (tertiary/aromatic N) is 4. The Balaban J connectivity index is 1.78. The van der Waals surface area contributed by atoms with E-state index in [2.05, 4.69) is 79.0 Å². The van der Waals surface area contributed by atoms with Crippen LogP contribution in [0.2, 0.25) is 0 Å². The van der Waals surface area contributed by atoms with Crippen LogP contribution in [0.1, 0.15) is 88.7 Å². The van der Waals surface area contributed by atoms with Crippen molar-refractivity contribution in [1.82, 2.24) is 20.7 Å². The van der Waals surface area contributed by atoms with E-state index in [9.17, 15) is 4.79 Å². The third-order valence-corrected chi connectivity index (χ3v) is 6.20. The molecule has 9 heteroatoms. The summed E-state index contributed by atoms with van der Waals surface area (Å²) in [5.41, 5.74) is 7.43. The van der Waals surface area contributed by atoms with Crippen molar-refractivity contribution in [3.8, 4) is 17.9 Å². The third kappa shape index (κ3) is 7.86. The standard InChI is InChI=1S/C26H35N7O2/c1-6-18(3)19-10-11-23(20(14-19)26(4,5)7-2)35-13-9-8-12-29-25(34)33-32-24-17-30-21(15-27)22(16-28)31-24/h10-11,14,17-18H,6-9,12-13H2,1-5H3,(H,31,32)(H2,29,33,34). The normalized spacial score (nSPS) is 11.6. The molecule has 3 N–H and O–H groups in total. The van der Waals surface area contributed by atoms with Gasteiger partial charge in [-0.15, -0.1) is 0 Å². The summed E-state index contributed by atoms with van der Waals surface area (Å²) in [4.78, 5) is 19.7. The van der Waals surface area contributed by atoms with Crippen LogP contribution in [0.15, 0.2) is 24.4 Å². The number of anilines is 1. The van der Waals surface area contributed by atoms with Crippen molar-refractivity contribution in [1.29, 1.82) is 10.5 Å². The summed E-state index contributed by atoms with van der Waals surface area (Å²) in [6.07, 6.45) is 4.93. The quantitative estimate of drug-likeness (QED) is 0.292. The minimum absolute atomic E-state index is 0.0265. The molecule has 2 rings (SSSR count). The molecule has 0 radical (unpaired) electrons. The number of benzene rings is 1. The van der Waals surface area contributed by atoms with E-state index in [0.29, 0.717) is 19.1 Å². The topological polar surface area (TPSA) is 136 Å². The molecule has 0 saturated heterocycles. The second-order valence-electron chi connectivity index (χ2n) is 9.04. The van der Waals surface area contributed by atoms with E-state index in [1.807, 2.05) is 0 Å². The van der Waals surface area contributed by atoms with Crippen molar-refractivity contribution in [2.24, 2.45) is 0 Å². The van der Waals surface area contributed by atoms with Crippen LogP contribution < -0.4 is 20.9 Å². The monoisotopic (exact) mass is 477 g/mol. The number of hydrogen-bond donors (Lipinski definition) is 3. The zero-order chi connectivity index (χ0) is 25.8. The number of amides is 2. The van der Waals surface area contributed by atoms with Crippen LogP contribution in [0, 0.1) is 22.7 Å². The van der Waals surface area contributed by atoms with E-state index < -0.39 is 6.03 Å². The molecule has 0 aliphatic rings. The Bertz CT molecular complexity index is 1090. The Hall–Kier alpha value is -3.85. The average molecular weight is 478 g/mol. The van der Waals surface area contributed by atoms with E-state index in [1.54, 1.807) is 12.1 Å². The van der Waals surface area contributed by atoms with Gasteiger partial charge in [-0.3, -0.25) is 10.9 Å². The Morgan fingerprint density at radius 3 is 2.57 bits per heavy atom. The van der Waals surface area contributed by atoms with Gasteiger partial charge in [-0.1, -0.05) is 46.8 Å². The van der Waals surface area contributed by atoms with Gasteiger partial charge in [0.05, 0.1) is 12.8 Å². The van der Waals surface area contributed by atoms with Crippen LogP contribution in [0.5, 0.6) is 5.75 Å². The molecule has 35 heavy (non-hydrogen) atoms. The van der Waals surface area contributed by atoms with Crippen LogP contribution in [0.4, 0.5) is 10.6 Å². The average Bonchev–Trinajstić information content (AvgIpc) is 2.88. The van der Waals surface area contributed by atoms with Gasteiger partial charge in [0, 0.05) is 12.1 Å². The lowest BCUT2D eigenvalue weighted by Crippen LogP contribution is -2.39. The van der Waals surface area contributed by atoms with Gasteiger partial charge in [0.2, 0.25) is 0 Å². The van der Waals surface area contributed by atoms with Crippen molar-refractivity contribution >= 4 is 11.8 Å². The number of rotatable bonds is 12. The highest BCUT2D eigenvalue weighted by Gasteiger charge is 2.23. The summed E-state index contributed by atoms with van der Waals surface area (Å²) in [6.45, 7) is 12.2. The fourth-order valence-electron chi connectivity index (χ4n) is 3.32. The molecule has 0 fully saturated rings. The number of urea groups is 1. The molecule has 0 aliphatic heterocycles. The van der Waals surface area contributed by atoms with Crippen molar-refractivity contribution in [3.05, 3.63) is 46.9 Å². The molecule has 1 unspecified atom stereocenters. The number of carbonyl (C=O) groups is 1. The Morgan fingerprint density at radius 1 is 1.17 bits per heavy atom. The third-order valence-electron chi connectivity index (χ3n) is 6.20. The second-order valence-corrected chi connectivity index (χ2v) is 9.04. The summed E-state index contributed by atoms with van der Waals surface area (Å²) < 4.78 is 6.14. The number of ether oxygens (including phenoxy) is 1. The lowest BCUT2D eigenvalue weighted by Gasteiger charge is -2.27. The highest BCUT2D eigenvalue weighted by molar-refractivity contribution is 5.75. The van der Waals surface area contributed by atoms with Crippen LogP contribution in [0.3, 0.4) is 0 Å². The fourth-order valence-corrected chi connectivity index (χ4v) is 3.32. The number of hydrazine groups is 1. The molecule has 1 heterocycles. The van der Waals surface area contributed by atoms with E-state index in [-0.39, 0.29) is 22.6 Å². The lowest BCUT2D eigenvalue weighted by atomic mass is 9.80. The summed E-state index contributed by atoms with van der Waals surface area (Å²) in [5.74, 6) is 1.60. The van der Waals surface area contributed by atoms with Crippen molar-refractivity contribution in [2.75, 3.05) is 18.6 Å². The number of nitriles is 2. The minimum atomic E-state index is -0.441. The molecule has 1 aromatic heterocycles. The van der Waals surface area contributed by atoms with Gasteiger partial charge in [-0.2, -0.15) is 10.5 Å². The summed E-state index contributed by atoms with van der Waals surface area (Å²) >= 11 is 0. The van der Waals surface area contributed by atoms with Gasteiger partial charge in [-0.25, -0.2) is 14.8 Å². The maximum Gasteiger partial charge on any atom is 0.333 e. The van der Waals surface area contributed by atoms with Crippen molar-refractivity contribution < 1.29 is 9.53 Å².